The number of rotatable bonds is 3. The molecule has 27 heavy (non-hydrogen) atoms. The molecule has 1 aliphatic rings. The molecule has 0 N–H and O–H groups in total. The van der Waals surface area contributed by atoms with Crippen LogP contribution in [0.1, 0.15) is 20.8 Å². The van der Waals surface area contributed by atoms with E-state index in [-0.39, 0.29) is 11.8 Å². The second-order valence-corrected chi connectivity index (χ2v) is 7.12. The van der Waals surface area contributed by atoms with E-state index in [9.17, 15) is 9.59 Å². The van der Waals surface area contributed by atoms with Gasteiger partial charge in [-0.3, -0.25) is 9.59 Å². The van der Waals surface area contributed by atoms with Gasteiger partial charge in [-0.05, 0) is 23.3 Å². The van der Waals surface area contributed by atoms with Gasteiger partial charge in [0.05, 0.1) is 5.51 Å². The van der Waals surface area contributed by atoms with Crippen LogP contribution in [-0.2, 0) is 0 Å². The van der Waals surface area contributed by atoms with Crippen molar-refractivity contribution in [2.75, 3.05) is 26.2 Å². The van der Waals surface area contributed by atoms with E-state index in [1.807, 2.05) is 47.4 Å². The molecule has 0 bridgehead atoms. The molecule has 1 fully saturated rings. The molecule has 5 nitrogen and oxygen atoms in total. The molecule has 1 aromatic heterocycles. The first-order valence-electron chi connectivity index (χ1n) is 8.84. The highest BCUT2D eigenvalue weighted by molar-refractivity contribution is 7.07. The van der Waals surface area contributed by atoms with Crippen molar-refractivity contribution in [2.45, 2.75) is 0 Å². The average molecular weight is 377 g/mol. The third-order valence-electron chi connectivity index (χ3n) is 4.74. The van der Waals surface area contributed by atoms with Crippen LogP contribution in [0.15, 0.2) is 65.5 Å². The Morgan fingerprint density at radius 1 is 0.778 bits per heavy atom. The van der Waals surface area contributed by atoms with Crippen LogP contribution in [-0.4, -0.2) is 52.8 Å². The summed E-state index contributed by atoms with van der Waals surface area (Å²) in [7, 11) is 0. The fourth-order valence-corrected chi connectivity index (χ4v) is 3.74. The van der Waals surface area contributed by atoms with Crippen molar-refractivity contribution >= 4 is 23.2 Å². The van der Waals surface area contributed by atoms with Gasteiger partial charge in [0.25, 0.3) is 11.8 Å². The molecule has 0 atom stereocenters. The first-order chi connectivity index (χ1) is 13.2. The summed E-state index contributed by atoms with van der Waals surface area (Å²) in [5.41, 5.74) is 5.04. The average Bonchev–Trinajstić information content (AvgIpc) is 3.28. The zero-order chi connectivity index (χ0) is 18.6. The predicted octanol–water partition coefficient (Wildman–Crippen LogP) is 3.41. The summed E-state index contributed by atoms with van der Waals surface area (Å²) >= 11 is 1.41. The summed E-state index contributed by atoms with van der Waals surface area (Å²) < 4.78 is 0. The van der Waals surface area contributed by atoms with Crippen molar-refractivity contribution in [3.63, 3.8) is 0 Å². The standard InChI is InChI=1S/C21H19N3O2S/c25-20(18-8-6-17(7-9-18)16-4-2-1-3-5-16)23-10-12-24(13-11-23)21(26)19-14-27-15-22-19/h1-9,14-15H,10-13H2. The van der Waals surface area contributed by atoms with Crippen LogP contribution in [0.4, 0.5) is 0 Å². The lowest BCUT2D eigenvalue weighted by Gasteiger charge is -2.34. The molecule has 136 valence electrons. The van der Waals surface area contributed by atoms with Gasteiger partial charge in [0, 0.05) is 37.1 Å². The van der Waals surface area contributed by atoms with Crippen LogP contribution in [0.25, 0.3) is 11.1 Å². The van der Waals surface area contributed by atoms with Crippen molar-refractivity contribution in [3.8, 4) is 11.1 Å². The van der Waals surface area contributed by atoms with Gasteiger partial charge in [-0.15, -0.1) is 11.3 Å². The van der Waals surface area contributed by atoms with Crippen LogP contribution in [0, 0.1) is 0 Å². The van der Waals surface area contributed by atoms with E-state index in [0.717, 1.165) is 11.1 Å². The molecule has 2 heterocycles. The largest absolute Gasteiger partial charge is 0.335 e. The summed E-state index contributed by atoms with van der Waals surface area (Å²) in [6.45, 7) is 2.14. The molecule has 0 unspecified atom stereocenters. The minimum atomic E-state index is -0.0597. The summed E-state index contributed by atoms with van der Waals surface area (Å²) in [6.07, 6.45) is 0. The SMILES string of the molecule is O=C(c1ccc(-c2ccccc2)cc1)N1CCN(C(=O)c2cscn2)CC1. The third-order valence-corrected chi connectivity index (χ3v) is 5.33. The molecule has 3 aromatic rings. The van der Waals surface area contributed by atoms with Gasteiger partial charge in [0.15, 0.2) is 0 Å². The Labute approximate surface area is 161 Å². The van der Waals surface area contributed by atoms with Gasteiger partial charge in [-0.2, -0.15) is 0 Å². The first kappa shape index (κ1) is 17.4. The fourth-order valence-electron chi connectivity index (χ4n) is 3.21. The lowest BCUT2D eigenvalue weighted by molar-refractivity contribution is 0.0533. The van der Waals surface area contributed by atoms with Crippen molar-refractivity contribution in [2.24, 2.45) is 0 Å². The molecular formula is C21H19N3O2S. The second kappa shape index (κ2) is 7.72. The number of nitrogens with zero attached hydrogens (tertiary/aromatic N) is 3. The summed E-state index contributed by atoms with van der Waals surface area (Å²) in [5, 5.41) is 1.76. The van der Waals surface area contributed by atoms with Crippen molar-refractivity contribution in [3.05, 3.63) is 76.7 Å². The van der Waals surface area contributed by atoms with Crippen LogP contribution >= 0.6 is 11.3 Å². The van der Waals surface area contributed by atoms with Crippen molar-refractivity contribution < 1.29 is 9.59 Å². The van der Waals surface area contributed by atoms with Gasteiger partial charge >= 0.3 is 0 Å². The molecule has 0 saturated carbocycles. The molecule has 0 spiro atoms. The van der Waals surface area contributed by atoms with Gasteiger partial charge < -0.3 is 9.80 Å². The highest BCUT2D eigenvalue weighted by Crippen LogP contribution is 2.20. The van der Waals surface area contributed by atoms with E-state index >= 15 is 0 Å². The van der Waals surface area contributed by atoms with Crippen LogP contribution in [0.2, 0.25) is 0 Å². The number of hydrogen-bond donors (Lipinski definition) is 0. The predicted molar refractivity (Wildman–Crippen MR) is 106 cm³/mol. The Balaban J connectivity index is 1.39. The number of amides is 2. The molecule has 1 saturated heterocycles. The number of benzene rings is 2. The molecule has 6 heteroatoms. The summed E-state index contributed by atoms with van der Waals surface area (Å²) in [4.78, 5) is 32.8. The number of carbonyl (C=O) groups is 2. The molecule has 2 amide bonds. The van der Waals surface area contributed by atoms with E-state index < -0.39 is 0 Å². The van der Waals surface area contributed by atoms with E-state index in [1.54, 1.807) is 15.8 Å². The highest BCUT2D eigenvalue weighted by Gasteiger charge is 2.26. The number of carbonyl (C=O) groups excluding carboxylic acids is 2. The number of aromatic nitrogens is 1. The molecule has 1 aliphatic heterocycles. The topological polar surface area (TPSA) is 53.5 Å². The zero-order valence-corrected chi connectivity index (χ0v) is 15.6. The Morgan fingerprint density at radius 2 is 1.37 bits per heavy atom. The number of piperazine rings is 1. The van der Waals surface area contributed by atoms with Crippen molar-refractivity contribution in [1.82, 2.24) is 14.8 Å². The smallest absolute Gasteiger partial charge is 0.273 e. The fraction of sp³-hybridized carbons (Fsp3) is 0.190. The second-order valence-electron chi connectivity index (χ2n) is 6.40. The molecule has 0 radical (unpaired) electrons. The van der Waals surface area contributed by atoms with Gasteiger partial charge in [-0.25, -0.2) is 4.98 Å². The third kappa shape index (κ3) is 3.75. The lowest BCUT2D eigenvalue weighted by atomic mass is 10.0. The highest BCUT2D eigenvalue weighted by atomic mass is 32.1. The molecule has 4 rings (SSSR count). The quantitative estimate of drug-likeness (QED) is 0.703. The van der Waals surface area contributed by atoms with Gasteiger partial charge in [0.1, 0.15) is 5.69 Å². The molecule has 0 aliphatic carbocycles. The van der Waals surface area contributed by atoms with Gasteiger partial charge in [-0.1, -0.05) is 42.5 Å². The van der Waals surface area contributed by atoms with E-state index in [0.29, 0.717) is 37.4 Å². The normalized spacial score (nSPS) is 14.2. The van der Waals surface area contributed by atoms with Crippen LogP contribution < -0.4 is 0 Å². The minimum absolute atomic E-state index is 0.00960. The maximum Gasteiger partial charge on any atom is 0.273 e. The van der Waals surface area contributed by atoms with Crippen molar-refractivity contribution in [1.29, 1.82) is 0 Å². The first-order valence-corrected chi connectivity index (χ1v) is 9.79. The lowest BCUT2D eigenvalue weighted by Crippen LogP contribution is -2.50. The van der Waals surface area contributed by atoms with E-state index in [4.69, 9.17) is 0 Å². The van der Waals surface area contributed by atoms with Crippen LogP contribution in [0.5, 0.6) is 0 Å². The Kier molecular flexibility index (Phi) is 4.98. The summed E-state index contributed by atoms with van der Waals surface area (Å²) in [6, 6.07) is 17.8. The Hall–Kier alpha value is -2.99. The number of hydrogen-bond acceptors (Lipinski definition) is 4. The van der Waals surface area contributed by atoms with E-state index in [2.05, 4.69) is 17.1 Å². The Bertz CT molecular complexity index is 916. The van der Waals surface area contributed by atoms with Gasteiger partial charge in [0.2, 0.25) is 0 Å². The number of thiazole rings is 1. The monoisotopic (exact) mass is 377 g/mol. The van der Waals surface area contributed by atoms with E-state index in [1.165, 1.54) is 11.3 Å². The Morgan fingerprint density at radius 3 is 1.96 bits per heavy atom. The van der Waals surface area contributed by atoms with Crippen LogP contribution in [0.3, 0.4) is 0 Å². The maximum atomic E-state index is 12.8. The molecular weight excluding hydrogens is 358 g/mol. The maximum absolute atomic E-state index is 12.8. The minimum Gasteiger partial charge on any atom is -0.335 e. The molecule has 2 aromatic carbocycles. The zero-order valence-electron chi connectivity index (χ0n) is 14.7. The summed E-state index contributed by atoms with van der Waals surface area (Å²) in [5.74, 6) is -0.0501.